The highest BCUT2D eigenvalue weighted by Crippen LogP contribution is 2.28. The maximum atomic E-state index is 13.4. The Bertz CT molecular complexity index is 699. The van der Waals surface area contributed by atoms with E-state index in [2.05, 4.69) is 5.32 Å². The number of phenolic OH excluding ortho intramolecular Hbond substituents is 1. The number of phenols is 1. The maximum absolute atomic E-state index is 13.4. The van der Waals surface area contributed by atoms with Crippen molar-refractivity contribution in [1.82, 2.24) is 0 Å². The number of benzene rings is 2. The van der Waals surface area contributed by atoms with E-state index in [1.807, 2.05) is 0 Å². The zero-order valence-corrected chi connectivity index (χ0v) is 12.2. The molecule has 0 saturated heterocycles. The van der Waals surface area contributed by atoms with Gasteiger partial charge in [-0.2, -0.15) is 0 Å². The van der Waals surface area contributed by atoms with E-state index in [0.717, 1.165) is 12.1 Å². The van der Waals surface area contributed by atoms with Gasteiger partial charge in [0, 0.05) is 23.9 Å². The zero-order chi connectivity index (χ0) is 16.3. The Morgan fingerprint density at radius 3 is 2.68 bits per heavy atom. The lowest BCUT2D eigenvalue weighted by atomic mass is 10.1. The van der Waals surface area contributed by atoms with Gasteiger partial charge in [0.1, 0.15) is 5.82 Å². The molecule has 0 radical (unpaired) electrons. The molecule has 2 aromatic carbocycles. The van der Waals surface area contributed by atoms with Gasteiger partial charge in [-0.1, -0.05) is 11.6 Å². The van der Waals surface area contributed by atoms with Crippen LogP contribution in [0, 0.1) is 11.6 Å². The number of hydrogen-bond donors (Lipinski definition) is 2. The average Bonchev–Trinajstić information content (AvgIpc) is 2.47. The van der Waals surface area contributed by atoms with Gasteiger partial charge >= 0.3 is 0 Å². The summed E-state index contributed by atoms with van der Waals surface area (Å²) in [4.78, 5) is 12.1. The second-order valence-electron chi connectivity index (χ2n) is 4.48. The van der Waals surface area contributed by atoms with E-state index in [0.29, 0.717) is 11.3 Å². The van der Waals surface area contributed by atoms with Gasteiger partial charge in [0.15, 0.2) is 11.6 Å². The highest BCUT2D eigenvalue weighted by molar-refractivity contribution is 6.32. The Kier molecular flexibility index (Phi) is 4.95. The molecule has 0 fully saturated rings. The van der Waals surface area contributed by atoms with Crippen molar-refractivity contribution in [2.75, 3.05) is 12.4 Å². The van der Waals surface area contributed by atoms with E-state index in [1.54, 1.807) is 0 Å². The fourth-order valence-corrected chi connectivity index (χ4v) is 2.06. The van der Waals surface area contributed by atoms with Gasteiger partial charge in [0.25, 0.3) is 5.91 Å². The largest absolute Gasteiger partial charge is 0.504 e. The van der Waals surface area contributed by atoms with Crippen molar-refractivity contribution >= 4 is 23.2 Å². The Morgan fingerprint density at radius 2 is 2.05 bits per heavy atom. The SMILES string of the molecule is COCc1cc(F)ccc1NC(=O)c1cc(F)c(O)c(Cl)c1. The van der Waals surface area contributed by atoms with Gasteiger partial charge in [0.2, 0.25) is 0 Å². The van der Waals surface area contributed by atoms with Gasteiger partial charge in [0.05, 0.1) is 11.6 Å². The van der Waals surface area contributed by atoms with Crippen molar-refractivity contribution in [2.45, 2.75) is 6.61 Å². The predicted molar refractivity (Wildman–Crippen MR) is 78.1 cm³/mol. The summed E-state index contributed by atoms with van der Waals surface area (Å²) < 4.78 is 31.6. The second-order valence-corrected chi connectivity index (χ2v) is 4.88. The third-order valence-corrected chi connectivity index (χ3v) is 3.18. The number of amides is 1. The smallest absolute Gasteiger partial charge is 0.255 e. The van der Waals surface area contributed by atoms with Gasteiger partial charge in [-0.3, -0.25) is 4.79 Å². The zero-order valence-electron chi connectivity index (χ0n) is 11.5. The summed E-state index contributed by atoms with van der Waals surface area (Å²) in [5.41, 5.74) is 0.687. The molecule has 0 bridgehead atoms. The summed E-state index contributed by atoms with van der Waals surface area (Å²) in [6.07, 6.45) is 0. The van der Waals surface area contributed by atoms with Crippen molar-refractivity contribution in [2.24, 2.45) is 0 Å². The first-order valence-electron chi connectivity index (χ1n) is 6.19. The molecule has 0 aromatic heterocycles. The molecule has 0 spiro atoms. The molecule has 116 valence electrons. The number of carbonyl (C=O) groups is 1. The molecule has 0 aliphatic carbocycles. The van der Waals surface area contributed by atoms with Crippen LogP contribution in [0.1, 0.15) is 15.9 Å². The normalized spacial score (nSPS) is 10.5. The number of anilines is 1. The summed E-state index contributed by atoms with van der Waals surface area (Å²) in [7, 11) is 1.44. The lowest BCUT2D eigenvalue weighted by molar-refractivity contribution is 0.102. The summed E-state index contributed by atoms with van der Waals surface area (Å²) in [5, 5.41) is 11.5. The van der Waals surface area contributed by atoms with E-state index >= 15 is 0 Å². The molecule has 0 atom stereocenters. The molecular formula is C15H12ClF2NO3. The third kappa shape index (κ3) is 3.52. The second kappa shape index (κ2) is 6.72. The molecule has 7 heteroatoms. The molecule has 0 unspecified atom stereocenters. The van der Waals surface area contributed by atoms with Gasteiger partial charge < -0.3 is 15.2 Å². The van der Waals surface area contributed by atoms with Crippen LogP contribution in [0.25, 0.3) is 0 Å². The van der Waals surface area contributed by atoms with Crippen LogP contribution >= 0.6 is 11.6 Å². The number of carbonyl (C=O) groups excluding carboxylic acids is 1. The average molecular weight is 328 g/mol. The molecule has 22 heavy (non-hydrogen) atoms. The number of halogens is 3. The fraction of sp³-hybridized carbons (Fsp3) is 0.133. The number of rotatable bonds is 4. The third-order valence-electron chi connectivity index (χ3n) is 2.89. The monoisotopic (exact) mass is 327 g/mol. The topological polar surface area (TPSA) is 58.6 Å². The van der Waals surface area contributed by atoms with E-state index < -0.39 is 23.3 Å². The molecule has 2 aromatic rings. The number of aromatic hydroxyl groups is 1. The van der Waals surface area contributed by atoms with Crippen LogP contribution in [-0.4, -0.2) is 18.1 Å². The summed E-state index contributed by atoms with van der Waals surface area (Å²) >= 11 is 5.63. The van der Waals surface area contributed by atoms with Crippen LogP contribution in [0.4, 0.5) is 14.5 Å². The number of hydrogen-bond acceptors (Lipinski definition) is 3. The van der Waals surface area contributed by atoms with Crippen molar-refractivity contribution in [1.29, 1.82) is 0 Å². The molecule has 1 amide bonds. The van der Waals surface area contributed by atoms with Crippen LogP contribution in [0.5, 0.6) is 5.75 Å². The lowest BCUT2D eigenvalue weighted by Crippen LogP contribution is -2.14. The number of nitrogens with one attached hydrogen (secondary N) is 1. The van der Waals surface area contributed by atoms with Gasteiger partial charge in [-0.05, 0) is 30.3 Å². The Labute approximate surface area is 130 Å². The first-order chi connectivity index (χ1) is 10.4. The van der Waals surface area contributed by atoms with Crippen LogP contribution in [0.3, 0.4) is 0 Å². The van der Waals surface area contributed by atoms with Crippen molar-refractivity contribution in [3.63, 3.8) is 0 Å². The van der Waals surface area contributed by atoms with Crippen molar-refractivity contribution < 1.29 is 23.4 Å². The Balaban J connectivity index is 2.29. The van der Waals surface area contributed by atoms with Crippen molar-refractivity contribution in [3.8, 4) is 5.75 Å². The minimum atomic E-state index is -1.01. The molecule has 0 aliphatic heterocycles. The quantitative estimate of drug-likeness (QED) is 0.899. The van der Waals surface area contributed by atoms with E-state index in [-0.39, 0.29) is 17.2 Å². The first-order valence-corrected chi connectivity index (χ1v) is 6.57. The minimum absolute atomic E-state index is 0.0759. The molecule has 2 N–H and O–H groups in total. The van der Waals surface area contributed by atoms with Crippen molar-refractivity contribution in [3.05, 3.63) is 58.1 Å². The van der Waals surface area contributed by atoms with Gasteiger partial charge in [-0.15, -0.1) is 0 Å². The number of ether oxygens (including phenoxy) is 1. The summed E-state index contributed by atoms with van der Waals surface area (Å²) in [5.74, 6) is -2.84. The van der Waals surface area contributed by atoms with Crippen LogP contribution < -0.4 is 5.32 Å². The van der Waals surface area contributed by atoms with Gasteiger partial charge in [-0.25, -0.2) is 8.78 Å². The molecular weight excluding hydrogens is 316 g/mol. The first kappa shape index (κ1) is 16.2. The predicted octanol–water partition coefficient (Wildman–Crippen LogP) is 3.72. The molecule has 0 aliphatic rings. The lowest BCUT2D eigenvalue weighted by Gasteiger charge is -2.11. The Hall–Kier alpha value is -2.18. The van der Waals surface area contributed by atoms with Crippen LogP contribution in [0.2, 0.25) is 5.02 Å². The maximum Gasteiger partial charge on any atom is 0.255 e. The summed E-state index contributed by atoms with van der Waals surface area (Å²) in [6.45, 7) is 0.0953. The van der Waals surface area contributed by atoms with E-state index in [4.69, 9.17) is 16.3 Å². The minimum Gasteiger partial charge on any atom is -0.504 e. The van der Waals surface area contributed by atoms with Crippen LogP contribution in [0.15, 0.2) is 30.3 Å². The standard InChI is InChI=1S/C15H12ClF2NO3/c1-22-7-9-4-10(17)2-3-13(9)19-15(21)8-5-11(16)14(20)12(18)6-8/h2-6,20H,7H2,1H3,(H,19,21). The molecule has 2 rings (SSSR count). The molecule has 0 heterocycles. The van der Waals surface area contributed by atoms with Crippen LogP contribution in [-0.2, 0) is 11.3 Å². The molecule has 4 nitrogen and oxygen atoms in total. The summed E-state index contributed by atoms with van der Waals surface area (Å²) in [6, 6.07) is 5.77. The Morgan fingerprint density at radius 1 is 1.32 bits per heavy atom. The number of methoxy groups -OCH3 is 1. The highest BCUT2D eigenvalue weighted by Gasteiger charge is 2.15. The fourth-order valence-electron chi connectivity index (χ4n) is 1.85. The highest BCUT2D eigenvalue weighted by atomic mass is 35.5. The van der Waals surface area contributed by atoms with E-state index in [1.165, 1.54) is 25.3 Å². The molecule has 0 saturated carbocycles. The van der Waals surface area contributed by atoms with E-state index in [9.17, 15) is 18.7 Å².